The lowest BCUT2D eigenvalue weighted by molar-refractivity contribution is 0.103. The fraction of sp³-hybridized carbons (Fsp3) is 0.0833. The molecule has 0 atom stereocenters. The number of aromatic nitrogens is 2. The third-order valence-electron chi connectivity index (χ3n) is 2.95. The van der Waals surface area contributed by atoms with Gasteiger partial charge in [0.1, 0.15) is 5.69 Å². The standard InChI is InChI=1S/C12H8N2O4S/c1-19(17,18)6-2-3-7-8(4-6)11(15)10-9(7)5-13-12(16)14-10/h2-5H,1H3,(H,13,14,16). The minimum atomic E-state index is -3.38. The van der Waals surface area contributed by atoms with Gasteiger partial charge in [-0.05, 0) is 17.7 Å². The van der Waals surface area contributed by atoms with Crippen molar-refractivity contribution in [1.29, 1.82) is 0 Å². The van der Waals surface area contributed by atoms with Crippen molar-refractivity contribution in [3.8, 4) is 17.1 Å². The van der Waals surface area contributed by atoms with E-state index in [9.17, 15) is 18.3 Å². The van der Waals surface area contributed by atoms with Crippen LogP contribution in [-0.4, -0.2) is 35.5 Å². The quantitative estimate of drug-likeness (QED) is 0.706. The molecule has 0 spiro atoms. The number of aromatic hydroxyl groups is 1. The van der Waals surface area contributed by atoms with Crippen LogP contribution in [0.4, 0.5) is 0 Å². The fourth-order valence-electron chi connectivity index (χ4n) is 2.05. The smallest absolute Gasteiger partial charge is 0.314 e. The van der Waals surface area contributed by atoms with Crippen LogP contribution in [0.1, 0.15) is 16.1 Å². The second kappa shape index (κ2) is 3.61. The number of nitrogens with zero attached hydrogens (tertiary/aromatic N) is 2. The second-order valence-corrected chi connectivity index (χ2v) is 6.26. The van der Waals surface area contributed by atoms with Crippen molar-refractivity contribution in [2.75, 3.05) is 6.26 Å². The summed E-state index contributed by atoms with van der Waals surface area (Å²) in [5.41, 5.74) is 1.43. The second-order valence-electron chi connectivity index (χ2n) is 4.24. The number of fused-ring (bicyclic) bond motifs is 3. The molecule has 1 aromatic heterocycles. The first-order valence-electron chi connectivity index (χ1n) is 5.33. The monoisotopic (exact) mass is 276 g/mol. The molecule has 1 aromatic carbocycles. The first-order valence-corrected chi connectivity index (χ1v) is 7.22. The molecule has 0 saturated carbocycles. The van der Waals surface area contributed by atoms with E-state index in [4.69, 9.17) is 0 Å². The third-order valence-corrected chi connectivity index (χ3v) is 4.06. The first-order chi connectivity index (χ1) is 8.88. The van der Waals surface area contributed by atoms with Crippen LogP contribution in [0.25, 0.3) is 11.1 Å². The van der Waals surface area contributed by atoms with Crippen LogP contribution in [-0.2, 0) is 9.84 Å². The molecule has 1 N–H and O–H groups in total. The first kappa shape index (κ1) is 11.8. The zero-order chi connectivity index (χ0) is 13.8. The number of hydrogen-bond donors (Lipinski definition) is 1. The predicted octanol–water partition coefficient (Wildman–Crippen LogP) is 0.797. The van der Waals surface area contributed by atoms with Crippen LogP contribution in [0.5, 0.6) is 6.01 Å². The highest BCUT2D eigenvalue weighted by Crippen LogP contribution is 2.36. The molecule has 1 aliphatic rings. The molecule has 7 heteroatoms. The van der Waals surface area contributed by atoms with Gasteiger partial charge in [-0.25, -0.2) is 13.4 Å². The molecule has 6 nitrogen and oxygen atoms in total. The molecule has 0 saturated heterocycles. The molecule has 0 aliphatic heterocycles. The molecule has 2 aromatic rings. The van der Waals surface area contributed by atoms with Gasteiger partial charge in [-0.15, -0.1) is 0 Å². The maximum absolute atomic E-state index is 12.1. The summed E-state index contributed by atoms with van der Waals surface area (Å²) in [6.45, 7) is 0. The Morgan fingerprint density at radius 3 is 2.58 bits per heavy atom. The summed E-state index contributed by atoms with van der Waals surface area (Å²) in [5.74, 6) is -0.409. The van der Waals surface area contributed by atoms with Gasteiger partial charge in [-0.1, -0.05) is 6.07 Å². The molecule has 0 unspecified atom stereocenters. The van der Waals surface area contributed by atoms with Gasteiger partial charge in [-0.2, -0.15) is 4.98 Å². The van der Waals surface area contributed by atoms with E-state index < -0.39 is 21.6 Å². The molecule has 0 bridgehead atoms. The molecule has 1 aliphatic carbocycles. The molecule has 96 valence electrons. The van der Waals surface area contributed by atoms with Gasteiger partial charge < -0.3 is 5.11 Å². The number of hydrogen-bond acceptors (Lipinski definition) is 6. The average Bonchev–Trinajstić information content (AvgIpc) is 2.62. The normalized spacial score (nSPS) is 13.2. The van der Waals surface area contributed by atoms with Crippen molar-refractivity contribution in [2.45, 2.75) is 4.90 Å². The lowest BCUT2D eigenvalue weighted by atomic mass is 10.1. The minimum Gasteiger partial charge on any atom is -0.479 e. The zero-order valence-corrected chi connectivity index (χ0v) is 10.6. The van der Waals surface area contributed by atoms with E-state index in [-0.39, 0.29) is 16.2 Å². The number of carbonyl (C=O) groups excluding carboxylic acids is 1. The van der Waals surface area contributed by atoms with Gasteiger partial charge in [0.2, 0.25) is 5.78 Å². The summed E-state index contributed by atoms with van der Waals surface area (Å²) in [7, 11) is -3.38. The maximum Gasteiger partial charge on any atom is 0.314 e. The molecule has 19 heavy (non-hydrogen) atoms. The molecular weight excluding hydrogens is 268 g/mol. The lowest BCUT2D eigenvalue weighted by Gasteiger charge is -2.02. The Labute approximate surface area is 108 Å². The van der Waals surface area contributed by atoms with Crippen molar-refractivity contribution < 1.29 is 18.3 Å². The van der Waals surface area contributed by atoms with Crippen molar-refractivity contribution in [3.63, 3.8) is 0 Å². The number of carbonyl (C=O) groups is 1. The van der Waals surface area contributed by atoms with Crippen molar-refractivity contribution in [2.24, 2.45) is 0 Å². The van der Waals surface area contributed by atoms with Crippen LogP contribution in [0.15, 0.2) is 29.3 Å². The summed E-state index contributed by atoms with van der Waals surface area (Å²) >= 11 is 0. The van der Waals surface area contributed by atoms with Gasteiger partial charge >= 0.3 is 6.01 Å². The molecule has 0 radical (unpaired) electrons. The van der Waals surface area contributed by atoms with Crippen LogP contribution >= 0.6 is 0 Å². The third kappa shape index (κ3) is 1.70. The minimum absolute atomic E-state index is 0.0737. The SMILES string of the molecule is CS(=O)(=O)c1ccc2c(c1)C(=O)c1nc(O)ncc1-2. The summed E-state index contributed by atoms with van der Waals surface area (Å²) in [4.78, 5) is 19.5. The maximum atomic E-state index is 12.1. The van der Waals surface area contributed by atoms with E-state index in [1.165, 1.54) is 18.3 Å². The van der Waals surface area contributed by atoms with E-state index >= 15 is 0 Å². The van der Waals surface area contributed by atoms with Crippen molar-refractivity contribution >= 4 is 15.6 Å². The number of sulfone groups is 1. The van der Waals surface area contributed by atoms with Gasteiger partial charge in [0.15, 0.2) is 9.84 Å². The topological polar surface area (TPSA) is 97.2 Å². The zero-order valence-electron chi connectivity index (χ0n) is 9.78. The Morgan fingerprint density at radius 2 is 1.89 bits per heavy atom. The van der Waals surface area contributed by atoms with E-state index in [1.807, 2.05) is 0 Å². The van der Waals surface area contributed by atoms with Crippen LogP contribution in [0.3, 0.4) is 0 Å². The van der Waals surface area contributed by atoms with Gasteiger partial charge in [0, 0.05) is 23.6 Å². The number of benzene rings is 1. The van der Waals surface area contributed by atoms with Crippen LogP contribution in [0.2, 0.25) is 0 Å². The van der Waals surface area contributed by atoms with E-state index in [0.717, 1.165) is 6.26 Å². The molecule has 3 rings (SSSR count). The molecule has 1 heterocycles. The van der Waals surface area contributed by atoms with E-state index in [1.54, 1.807) is 6.07 Å². The Balaban J connectivity index is 2.28. The largest absolute Gasteiger partial charge is 0.479 e. The van der Waals surface area contributed by atoms with E-state index in [2.05, 4.69) is 9.97 Å². The summed E-state index contributed by atoms with van der Waals surface area (Å²) in [5, 5.41) is 9.21. The Kier molecular flexibility index (Phi) is 2.24. The Hall–Kier alpha value is -2.28. The molecule has 0 amide bonds. The van der Waals surface area contributed by atoms with Gasteiger partial charge in [0.25, 0.3) is 0 Å². The summed E-state index contributed by atoms with van der Waals surface area (Å²) in [6.07, 6.45) is 2.43. The Morgan fingerprint density at radius 1 is 1.16 bits per heavy atom. The number of ketones is 1. The highest BCUT2D eigenvalue weighted by atomic mass is 32.2. The lowest BCUT2D eigenvalue weighted by Crippen LogP contribution is -2.02. The predicted molar refractivity (Wildman–Crippen MR) is 65.7 cm³/mol. The van der Waals surface area contributed by atoms with Gasteiger partial charge in [0.05, 0.1) is 4.90 Å². The van der Waals surface area contributed by atoms with Crippen molar-refractivity contribution in [1.82, 2.24) is 9.97 Å². The highest BCUT2D eigenvalue weighted by Gasteiger charge is 2.30. The molecule has 0 fully saturated rings. The van der Waals surface area contributed by atoms with Gasteiger partial charge in [-0.3, -0.25) is 4.79 Å². The van der Waals surface area contributed by atoms with Crippen molar-refractivity contribution in [3.05, 3.63) is 35.7 Å². The Bertz CT molecular complexity index is 828. The molecular formula is C12H8N2O4S. The average molecular weight is 276 g/mol. The fourth-order valence-corrected chi connectivity index (χ4v) is 2.69. The highest BCUT2D eigenvalue weighted by molar-refractivity contribution is 7.90. The van der Waals surface area contributed by atoms with Crippen LogP contribution < -0.4 is 0 Å². The summed E-state index contributed by atoms with van der Waals surface area (Å²) < 4.78 is 23.0. The van der Waals surface area contributed by atoms with Crippen LogP contribution in [0, 0.1) is 0 Å². The number of rotatable bonds is 1. The summed E-state index contributed by atoms with van der Waals surface area (Å²) in [6, 6.07) is 3.83. The van der Waals surface area contributed by atoms with E-state index in [0.29, 0.717) is 11.1 Å².